The summed E-state index contributed by atoms with van der Waals surface area (Å²) in [5.41, 5.74) is -0.570. The first-order valence-electron chi connectivity index (χ1n) is 4.81. The van der Waals surface area contributed by atoms with Crippen LogP contribution in [-0.2, 0) is 9.53 Å². The molecule has 0 aromatic rings. The number of rotatable bonds is 7. The third-order valence-corrected chi connectivity index (χ3v) is 5.19. The van der Waals surface area contributed by atoms with E-state index in [0.29, 0.717) is 6.42 Å². The van der Waals surface area contributed by atoms with Crippen LogP contribution < -0.4 is 0 Å². The van der Waals surface area contributed by atoms with E-state index in [1.54, 1.807) is 0 Å². The second-order valence-electron chi connectivity index (χ2n) is 3.17. The van der Waals surface area contributed by atoms with E-state index in [2.05, 4.69) is 13.5 Å². The van der Waals surface area contributed by atoms with Gasteiger partial charge in [-0.1, -0.05) is 26.3 Å². The second-order valence-corrected chi connectivity index (χ2v) is 12.0. The normalized spacial score (nSPS) is 13.3. The Balaban J connectivity index is 4.19. The molecular formula is C9H15Cl3O2Si. The van der Waals surface area contributed by atoms with Gasteiger partial charge in [0.05, 0.1) is 0 Å². The van der Waals surface area contributed by atoms with Crippen LogP contribution in [-0.4, -0.2) is 17.7 Å². The quantitative estimate of drug-likeness (QED) is 0.234. The molecule has 15 heavy (non-hydrogen) atoms. The average Bonchev–Trinajstić information content (AvgIpc) is 2.14. The molecule has 0 bridgehead atoms. The van der Waals surface area contributed by atoms with Crippen molar-refractivity contribution >= 4 is 45.2 Å². The zero-order chi connectivity index (χ0) is 11.9. The van der Waals surface area contributed by atoms with Crippen LogP contribution in [0.3, 0.4) is 0 Å². The van der Waals surface area contributed by atoms with E-state index in [1.165, 1.54) is 0 Å². The third-order valence-electron chi connectivity index (χ3n) is 1.86. The number of halogens is 3. The maximum atomic E-state index is 11.0. The number of unbranched alkanes of at least 4 members (excludes halogenated alkanes) is 2. The van der Waals surface area contributed by atoms with Crippen molar-refractivity contribution in [2.75, 3.05) is 0 Å². The number of ether oxygens (including phenoxy) is 1. The highest BCUT2D eigenvalue weighted by Gasteiger charge is 2.39. The predicted molar refractivity (Wildman–Crippen MR) is 67.5 cm³/mol. The lowest BCUT2D eigenvalue weighted by atomic mass is 10.2. The molecule has 0 aromatic carbocycles. The van der Waals surface area contributed by atoms with E-state index in [0.717, 1.165) is 25.3 Å². The number of carbonyl (C=O) groups excluding carboxylic acids is 1. The van der Waals surface area contributed by atoms with Crippen molar-refractivity contribution in [1.82, 2.24) is 0 Å². The molecule has 0 aliphatic heterocycles. The zero-order valence-corrected chi connectivity index (χ0v) is 11.9. The van der Waals surface area contributed by atoms with Crippen molar-refractivity contribution in [1.29, 1.82) is 0 Å². The van der Waals surface area contributed by atoms with Crippen molar-refractivity contribution in [2.24, 2.45) is 0 Å². The summed E-state index contributed by atoms with van der Waals surface area (Å²) in [5, 5.41) is 0. The van der Waals surface area contributed by atoms with Crippen molar-refractivity contribution in [2.45, 2.75) is 38.3 Å². The first kappa shape index (κ1) is 15.3. The Morgan fingerprint density at radius 3 is 2.47 bits per heavy atom. The van der Waals surface area contributed by atoms with Gasteiger partial charge in [0.15, 0.2) is 0 Å². The number of esters is 1. The minimum Gasteiger partial charge on any atom is -0.458 e. The van der Waals surface area contributed by atoms with E-state index in [4.69, 9.17) is 38.0 Å². The van der Waals surface area contributed by atoms with Gasteiger partial charge in [0, 0.05) is 6.08 Å². The summed E-state index contributed by atoms with van der Waals surface area (Å²) in [7, 11) is 0. The first-order valence-corrected chi connectivity index (χ1v) is 9.92. The summed E-state index contributed by atoms with van der Waals surface area (Å²) in [5.74, 6) is -0.532. The van der Waals surface area contributed by atoms with Crippen LogP contribution in [0.5, 0.6) is 0 Å². The number of carbonyl (C=O) groups is 1. The van der Waals surface area contributed by atoms with Gasteiger partial charge in [-0.15, -0.1) is 33.2 Å². The van der Waals surface area contributed by atoms with Crippen LogP contribution in [0, 0.1) is 0 Å². The highest BCUT2D eigenvalue weighted by atomic mass is 35.8. The fraction of sp³-hybridized carbons (Fsp3) is 0.667. The van der Waals surface area contributed by atoms with Crippen LogP contribution in [0.4, 0.5) is 0 Å². The maximum absolute atomic E-state index is 11.0. The van der Waals surface area contributed by atoms with Gasteiger partial charge >= 0.3 is 12.0 Å². The predicted octanol–water partition coefficient (Wildman–Crippen LogP) is 3.86. The van der Waals surface area contributed by atoms with Crippen LogP contribution in [0.15, 0.2) is 12.7 Å². The lowest BCUT2D eigenvalue weighted by Gasteiger charge is -2.21. The fourth-order valence-electron chi connectivity index (χ4n) is 1.06. The molecule has 0 rings (SSSR count). The highest BCUT2D eigenvalue weighted by Crippen LogP contribution is 2.29. The Hall–Kier alpha value is 0.297. The molecule has 0 amide bonds. The summed E-state index contributed by atoms with van der Waals surface area (Å²) in [6, 6.07) is -2.99. The average molecular weight is 290 g/mol. The Bertz CT molecular complexity index is 216. The summed E-state index contributed by atoms with van der Waals surface area (Å²) in [6.07, 6.45) is 4.70. The standard InChI is InChI=1S/C9H15Cl3O2Si/c1-3-5-6-7-9(15(10,11)12)14-8(13)4-2/h4,9H,2-3,5-7H2,1H3. The van der Waals surface area contributed by atoms with Gasteiger partial charge < -0.3 is 4.74 Å². The molecule has 0 radical (unpaired) electrons. The lowest BCUT2D eigenvalue weighted by molar-refractivity contribution is -0.139. The monoisotopic (exact) mass is 288 g/mol. The molecule has 0 saturated carbocycles. The molecule has 6 heteroatoms. The molecule has 0 N–H and O–H groups in total. The van der Waals surface area contributed by atoms with Gasteiger partial charge in [-0.25, -0.2) is 4.79 Å². The molecule has 1 atom stereocenters. The van der Waals surface area contributed by atoms with Gasteiger partial charge in [-0.3, -0.25) is 0 Å². The van der Waals surface area contributed by atoms with Crippen LogP contribution >= 0.6 is 33.2 Å². The van der Waals surface area contributed by atoms with Crippen LogP contribution in [0.1, 0.15) is 32.6 Å². The fourth-order valence-corrected chi connectivity index (χ4v) is 3.22. The first-order chi connectivity index (χ1) is 6.91. The second kappa shape index (κ2) is 7.55. The van der Waals surface area contributed by atoms with Gasteiger partial charge in [-0.05, 0) is 12.8 Å². The zero-order valence-electron chi connectivity index (χ0n) is 8.64. The number of hydrogen-bond donors (Lipinski definition) is 0. The van der Waals surface area contributed by atoms with E-state index in [1.807, 2.05) is 0 Å². The van der Waals surface area contributed by atoms with Gasteiger partial charge in [0.2, 0.25) is 0 Å². The molecule has 88 valence electrons. The molecule has 0 aliphatic rings. The molecule has 0 heterocycles. The van der Waals surface area contributed by atoms with Crippen molar-refractivity contribution in [3.05, 3.63) is 12.7 Å². The Morgan fingerprint density at radius 1 is 1.47 bits per heavy atom. The summed E-state index contributed by atoms with van der Waals surface area (Å²) < 4.78 is 5.02. The summed E-state index contributed by atoms with van der Waals surface area (Å²) in [6.45, 7) is 5.38. The molecule has 1 unspecified atom stereocenters. The molecule has 0 aromatic heterocycles. The Labute approximate surface area is 106 Å². The van der Waals surface area contributed by atoms with E-state index in [9.17, 15) is 4.79 Å². The van der Waals surface area contributed by atoms with Crippen molar-refractivity contribution in [3.63, 3.8) is 0 Å². The van der Waals surface area contributed by atoms with E-state index >= 15 is 0 Å². The topological polar surface area (TPSA) is 26.3 Å². The Morgan fingerprint density at radius 2 is 2.07 bits per heavy atom. The Kier molecular flexibility index (Phi) is 7.70. The van der Waals surface area contributed by atoms with Crippen LogP contribution in [0.2, 0.25) is 0 Å². The van der Waals surface area contributed by atoms with E-state index < -0.39 is 17.7 Å². The van der Waals surface area contributed by atoms with Crippen molar-refractivity contribution < 1.29 is 9.53 Å². The molecule has 0 fully saturated rings. The number of hydrogen-bond acceptors (Lipinski definition) is 2. The van der Waals surface area contributed by atoms with Gasteiger partial charge in [-0.2, -0.15) is 0 Å². The molecular weight excluding hydrogens is 275 g/mol. The molecule has 2 nitrogen and oxygen atoms in total. The maximum Gasteiger partial charge on any atom is 0.381 e. The van der Waals surface area contributed by atoms with Gasteiger partial charge in [0.1, 0.15) is 5.73 Å². The molecule has 0 spiro atoms. The SMILES string of the molecule is C=CC(=O)OC(CCCCC)[Si](Cl)(Cl)Cl. The summed E-state index contributed by atoms with van der Waals surface area (Å²) >= 11 is 17.5. The summed E-state index contributed by atoms with van der Waals surface area (Å²) in [4.78, 5) is 11.0. The minimum absolute atomic E-state index is 0.532. The smallest absolute Gasteiger partial charge is 0.381 e. The third kappa shape index (κ3) is 7.23. The van der Waals surface area contributed by atoms with E-state index in [-0.39, 0.29) is 0 Å². The minimum atomic E-state index is -2.99. The largest absolute Gasteiger partial charge is 0.458 e. The van der Waals surface area contributed by atoms with Crippen LogP contribution in [0.25, 0.3) is 0 Å². The molecule has 0 saturated heterocycles. The van der Waals surface area contributed by atoms with Crippen molar-refractivity contribution in [3.8, 4) is 0 Å². The van der Waals surface area contributed by atoms with Gasteiger partial charge in [0.25, 0.3) is 0 Å². The molecule has 0 aliphatic carbocycles. The lowest BCUT2D eigenvalue weighted by Crippen LogP contribution is -2.35. The highest BCUT2D eigenvalue weighted by molar-refractivity contribution is 7.65.